The van der Waals surface area contributed by atoms with E-state index in [-0.39, 0.29) is 10.7 Å². The highest BCUT2D eigenvalue weighted by atomic mass is 35.5. The SMILES string of the molecule is O=S(=O)(Nc1n[nH]c2ncccc12)c1ccc(Cl)cc1. The maximum Gasteiger partial charge on any atom is 0.263 e. The molecule has 0 saturated heterocycles. The number of nitrogens with one attached hydrogen (secondary N) is 2. The molecule has 0 radical (unpaired) electrons. The van der Waals surface area contributed by atoms with Gasteiger partial charge in [0.2, 0.25) is 0 Å². The van der Waals surface area contributed by atoms with Crippen LogP contribution in [0.4, 0.5) is 5.82 Å². The zero-order valence-electron chi connectivity index (χ0n) is 10.0. The van der Waals surface area contributed by atoms with Gasteiger partial charge in [0, 0.05) is 11.2 Å². The second-order valence-electron chi connectivity index (χ2n) is 4.03. The zero-order valence-corrected chi connectivity index (χ0v) is 11.6. The minimum atomic E-state index is -3.71. The Morgan fingerprint density at radius 2 is 1.90 bits per heavy atom. The first-order valence-electron chi connectivity index (χ1n) is 5.64. The van der Waals surface area contributed by atoms with Gasteiger partial charge >= 0.3 is 0 Å². The van der Waals surface area contributed by atoms with Crippen LogP contribution in [-0.2, 0) is 10.0 Å². The Balaban J connectivity index is 1.99. The Hall–Kier alpha value is -2.12. The molecule has 2 aromatic heterocycles. The van der Waals surface area contributed by atoms with Crippen molar-refractivity contribution in [1.29, 1.82) is 0 Å². The molecule has 0 aliphatic carbocycles. The molecule has 0 amide bonds. The number of hydrogen-bond donors (Lipinski definition) is 2. The molecule has 6 nitrogen and oxygen atoms in total. The topological polar surface area (TPSA) is 87.7 Å². The third-order valence-electron chi connectivity index (χ3n) is 2.69. The van der Waals surface area contributed by atoms with E-state index >= 15 is 0 Å². The van der Waals surface area contributed by atoms with Crippen LogP contribution in [0.15, 0.2) is 47.5 Å². The van der Waals surface area contributed by atoms with Crippen LogP contribution in [0.25, 0.3) is 11.0 Å². The molecule has 0 aliphatic rings. The first-order valence-corrected chi connectivity index (χ1v) is 7.50. The van der Waals surface area contributed by atoms with E-state index in [9.17, 15) is 8.42 Å². The van der Waals surface area contributed by atoms with Gasteiger partial charge in [-0.1, -0.05) is 11.6 Å². The van der Waals surface area contributed by atoms with Crippen molar-refractivity contribution in [1.82, 2.24) is 15.2 Å². The van der Waals surface area contributed by atoms with Crippen molar-refractivity contribution < 1.29 is 8.42 Å². The summed E-state index contributed by atoms with van der Waals surface area (Å²) < 4.78 is 26.9. The van der Waals surface area contributed by atoms with Crippen molar-refractivity contribution in [2.45, 2.75) is 4.90 Å². The average molecular weight is 309 g/mol. The summed E-state index contributed by atoms with van der Waals surface area (Å²) in [7, 11) is -3.71. The molecular formula is C12H9ClN4O2S. The third-order valence-corrected chi connectivity index (χ3v) is 4.30. The molecule has 3 rings (SSSR count). The normalized spacial score (nSPS) is 11.7. The number of anilines is 1. The summed E-state index contributed by atoms with van der Waals surface area (Å²) in [5, 5.41) is 7.65. The van der Waals surface area contributed by atoms with Crippen LogP contribution in [-0.4, -0.2) is 23.6 Å². The Morgan fingerprint density at radius 1 is 1.15 bits per heavy atom. The fourth-order valence-electron chi connectivity index (χ4n) is 1.73. The monoisotopic (exact) mass is 308 g/mol. The minimum absolute atomic E-state index is 0.113. The Bertz CT molecular complexity index is 859. The van der Waals surface area contributed by atoms with E-state index < -0.39 is 10.0 Å². The fraction of sp³-hybridized carbons (Fsp3) is 0. The van der Waals surface area contributed by atoms with E-state index in [1.165, 1.54) is 24.3 Å². The largest absolute Gasteiger partial charge is 0.263 e. The first-order chi connectivity index (χ1) is 9.56. The van der Waals surface area contributed by atoms with E-state index in [1.54, 1.807) is 18.3 Å². The second-order valence-corrected chi connectivity index (χ2v) is 6.15. The smallest absolute Gasteiger partial charge is 0.261 e. The molecule has 102 valence electrons. The molecule has 2 heterocycles. The van der Waals surface area contributed by atoms with Crippen LogP contribution in [0.3, 0.4) is 0 Å². The van der Waals surface area contributed by atoms with Gasteiger partial charge in [-0.3, -0.25) is 9.82 Å². The van der Waals surface area contributed by atoms with Crippen LogP contribution in [0.1, 0.15) is 0 Å². The number of rotatable bonds is 3. The van der Waals surface area contributed by atoms with E-state index in [0.29, 0.717) is 16.1 Å². The lowest BCUT2D eigenvalue weighted by atomic mass is 10.3. The summed E-state index contributed by atoms with van der Waals surface area (Å²) in [6.07, 6.45) is 1.60. The van der Waals surface area contributed by atoms with E-state index in [1.807, 2.05) is 0 Å². The fourth-order valence-corrected chi connectivity index (χ4v) is 2.88. The highest BCUT2D eigenvalue weighted by molar-refractivity contribution is 7.92. The van der Waals surface area contributed by atoms with Gasteiger partial charge in [0.15, 0.2) is 11.5 Å². The van der Waals surface area contributed by atoms with E-state index in [2.05, 4.69) is 19.9 Å². The summed E-state index contributed by atoms with van der Waals surface area (Å²) in [6.45, 7) is 0. The van der Waals surface area contributed by atoms with Gasteiger partial charge in [0.25, 0.3) is 10.0 Å². The van der Waals surface area contributed by atoms with Crippen molar-refractivity contribution >= 4 is 38.5 Å². The average Bonchev–Trinajstić information content (AvgIpc) is 2.82. The molecule has 2 N–H and O–H groups in total. The number of H-pyrrole nitrogens is 1. The molecule has 0 bridgehead atoms. The van der Waals surface area contributed by atoms with Gasteiger partial charge in [0.1, 0.15) is 0 Å². The Kier molecular flexibility index (Phi) is 3.07. The zero-order chi connectivity index (χ0) is 14.2. The molecule has 0 aliphatic heterocycles. The Labute approximate surface area is 119 Å². The van der Waals surface area contributed by atoms with E-state index in [4.69, 9.17) is 11.6 Å². The lowest BCUT2D eigenvalue weighted by Crippen LogP contribution is -2.13. The molecule has 3 aromatic rings. The molecule has 0 atom stereocenters. The quantitative estimate of drug-likeness (QED) is 0.777. The second kappa shape index (κ2) is 4.77. The first kappa shape index (κ1) is 12.9. The van der Waals surface area contributed by atoms with Crippen molar-refractivity contribution in [3.8, 4) is 0 Å². The summed E-state index contributed by atoms with van der Waals surface area (Å²) in [5.74, 6) is 0.211. The van der Waals surface area contributed by atoms with Gasteiger partial charge in [-0.15, -0.1) is 0 Å². The van der Waals surface area contributed by atoms with Crippen LogP contribution in [0.5, 0.6) is 0 Å². The number of nitrogens with zero attached hydrogens (tertiary/aromatic N) is 2. The minimum Gasteiger partial charge on any atom is -0.261 e. The van der Waals surface area contributed by atoms with Crippen molar-refractivity contribution in [2.24, 2.45) is 0 Å². The Morgan fingerprint density at radius 3 is 2.65 bits per heavy atom. The lowest BCUT2D eigenvalue weighted by Gasteiger charge is -2.05. The highest BCUT2D eigenvalue weighted by Gasteiger charge is 2.17. The van der Waals surface area contributed by atoms with Crippen molar-refractivity contribution in [3.05, 3.63) is 47.6 Å². The van der Waals surface area contributed by atoms with Gasteiger partial charge in [-0.2, -0.15) is 5.10 Å². The number of fused-ring (bicyclic) bond motifs is 1. The third kappa shape index (κ3) is 2.33. The molecule has 1 aromatic carbocycles. The number of aromatic amines is 1. The lowest BCUT2D eigenvalue weighted by molar-refractivity contribution is 0.601. The van der Waals surface area contributed by atoms with Crippen LogP contribution < -0.4 is 4.72 Å². The number of aromatic nitrogens is 3. The van der Waals surface area contributed by atoms with Gasteiger partial charge < -0.3 is 0 Å². The predicted octanol–water partition coefficient (Wildman–Crippen LogP) is 2.41. The number of halogens is 1. The van der Waals surface area contributed by atoms with Gasteiger partial charge in [-0.25, -0.2) is 13.4 Å². The molecule has 0 spiro atoms. The van der Waals surface area contributed by atoms with Gasteiger partial charge in [0.05, 0.1) is 10.3 Å². The van der Waals surface area contributed by atoms with Crippen molar-refractivity contribution in [3.63, 3.8) is 0 Å². The number of hydrogen-bond acceptors (Lipinski definition) is 4. The van der Waals surface area contributed by atoms with Crippen molar-refractivity contribution in [2.75, 3.05) is 4.72 Å². The number of benzene rings is 1. The highest BCUT2D eigenvalue weighted by Crippen LogP contribution is 2.22. The molecule has 20 heavy (non-hydrogen) atoms. The molecule has 0 fully saturated rings. The number of sulfonamides is 1. The molecule has 8 heteroatoms. The van der Waals surface area contributed by atoms with Crippen LogP contribution >= 0.6 is 11.6 Å². The maximum absolute atomic E-state index is 12.2. The molecule has 0 saturated carbocycles. The number of pyridine rings is 1. The molecular weight excluding hydrogens is 300 g/mol. The summed E-state index contributed by atoms with van der Waals surface area (Å²) in [6, 6.07) is 9.32. The van der Waals surface area contributed by atoms with Crippen LogP contribution in [0.2, 0.25) is 5.02 Å². The summed E-state index contributed by atoms with van der Waals surface area (Å²) >= 11 is 5.74. The van der Waals surface area contributed by atoms with Crippen LogP contribution in [0, 0.1) is 0 Å². The van der Waals surface area contributed by atoms with E-state index in [0.717, 1.165) is 0 Å². The summed E-state index contributed by atoms with van der Waals surface area (Å²) in [4.78, 5) is 4.16. The standard InChI is InChI=1S/C12H9ClN4O2S/c13-8-3-5-9(6-4-8)20(18,19)17-12-10-2-1-7-14-11(10)15-16-12/h1-7H,(H2,14,15,16,17). The molecule has 0 unspecified atom stereocenters. The summed E-state index contributed by atoms with van der Waals surface area (Å²) in [5.41, 5.74) is 0.515. The van der Waals surface area contributed by atoms with Gasteiger partial charge in [-0.05, 0) is 36.4 Å². The maximum atomic E-state index is 12.2. The predicted molar refractivity (Wildman–Crippen MR) is 76.1 cm³/mol.